The van der Waals surface area contributed by atoms with E-state index in [4.69, 9.17) is 15.2 Å². The van der Waals surface area contributed by atoms with Gasteiger partial charge in [-0.05, 0) is 37.2 Å². The van der Waals surface area contributed by atoms with Crippen molar-refractivity contribution in [3.8, 4) is 0 Å². The van der Waals surface area contributed by atoms with Gasteiger partial charge in [-0.2, -0.15) is 0 Å². The van der Waals surface area contributed by atoms with Gasteiger partial charge in [0, 0.05) is 6.54 Å². The first-order valence-corrected chi connectivity index (χ1v) is 9.91. The van der Waals surface area contributed by atoms with E-state index >= 15 is 0 Å². The molecular weight excluding hydrogens is 374 g/mol. The number of nitrogens with one attached hydrogen (secondary N) is 2. The molecule has 8 nitrogen and oxygen atoms in total. The van der Waals surface area contributed by atoms with E-state index in [1.165, 1.54) is 7.11 Å². The molecule has 4 N–H and O–H groups in total. The maximum Gasteiger partial charge on any atom is 0.407 e. The first-order chi connectivity index (χ1) is 13.8. The normalized spacial score (nSPS) is 12.7. The number of ether oxygens (including phenoxy) is 2. The van der Waals surface area contributed by atoms with Gasteiger partial charge in [0.25, 0.3) is 0 Å². The van der Waals surface area contributed by atoms with Crippen LogP contribution in [-0.4, -0.2) is 43.7 Å². The summed E-state index contributed by atoms with van der Waals surface area (Å²) in [6, 6.07) is 8.00. The van der Waals surface area contributed by atoms with Crippen LogP contribution in [0.1, 0.15) is 45.1 Å². The Morgan fingerprint density at radius 2 is 1.79 bits per heavy atom. The number of amides is 2. The Morgan fingerprint density at radius 1 is 1.10 bits per heavy atom. The van der Waals surface area contributed by atoms with Crippen LogP contribution in [0.5, 0.6) is 0 Å². The van der Waals surface area contributed by atoms with Crippen LogP contribution in [0.4, 0.5) is 4.79 Å². The van der Waals surface area contributed by atoms with E-state index in [0.717, 1.165) is 5.56 Å². The topological polar surface area (TPSA) is 120 Å². The van der Waals surface area contributed by atoms with Gasteiger partial charge in [-0.15, -0.1) is 0 Å². The minimum Gasteiger partial charge on any atom is -0.467 e. The molecule has 1 rings (SSSR count). The van der Waals surface area contributed by atoms with E-state index in [-0.39, 0.29) is 18.4 Å². The first kappa shape index (κ1) is 24.4. The predicted octanol–water partition coefficient (Wildman–Crippen LogP) is 2.11. The summed E-state index contributed by atoms with van der Waals surface area (Å²) >= 11 is 0. The summed E-state index contributed by atoms with van der Waals surface area (Å²) in [5, 5.41) is 5.33. The number of alkyl carbamates (subject to hydrolysis) is 1. The Labute approximate surface area is 172 Å². The molecule has 2 atom stereocenters. The highest BCUT2D eigenvalue weighted by atomic mass is 16.5. The molecular formula is C21H33N3O5. The van der Waals surface area contributed by atoms with Crippen molar-refractivity contribution in [2.24, 2.45) is 11.7 Å². The molecule has 0 bridgehead atoms. The average Bonchev–Trinajstić information content (AvgIpc) is 2.71. The fourth-order valence-corrected chi connectivity index (χ4v) is 2.69. The van der Waals surface area contributed by atoms with Crippen LogP contribution in [0.2, 0.25) is 0 Å². The second-order valence-electron chi connectivity index (χ2n) is 7.30. The summed E-state index contributed by atoms with van der Waals surface area (Å²) in [6.45, 7) is 4.56. The lowest BCUT2D eigenvalue weighted by Crippen LogP contribution is -2.49. The predicted molar refractivity (Wildman–Crippen MR) is 110 cm³/mol. The molecule has 1 aromatic carbocycles. The molecule has 0 aliphatic rings. The Kier molecular flexibility index (Phi) is 11.4. The van der Waals surface area contributed by atoms with Crippen LogP contribution >= 0.6 is 0 Å². The quantitative estimate of drug-likeness (QED) is 0.361. The third-order valence-electron chi connectivity index (χ3n) is 4.27. The molecule has 0 spiro atoms. The van der Waals surface area contributed by atoms with Crippen molar-refractivity contribution in [1.82, 2.24) is 10.6 Å². The molecule has 0 aromatic heterocycles. The van der Waals surface area contributed by atoms with Gasteiger partial charge in [-0.25, -0.2) is 9.59 Å². The van der Waals surface area contributed by atoms with Crippen molar-refractivity contribution in [3.05, 3.63) is 35.9 Å². The zero-order valence-electron chi connectivity index (χ0n) is 17.5. The monoisotopic (exact) mass is 407 g/mol. The minimum absolute atomic E-state index is 0.218. The van der Waals surface area contributed by atoms with Gasteiger partial charge in [-0.3, -0.25) is 4.79 Å². The lowest BCUT2D eigenvalue weighted by molar-refractivity contribution is -0.145. The second-order valence-corrected chi connectivity index (χ2v) is 7.30. The molecule has 0 fully saturated rings. The third kappa shape index (κ3) is 10.5. The first-order valence-electron chi connectivity index (χ1n) is 9.91. The molecule has 0 unspecified atom stereocenters. The smallest absolute Gasteiger partial charge is 0.407 e. The summed E-state index contributed by atoms with van der Waals surface area (Å²) in [4.78, 5) is 35.7. The van der Waals surface area contributed by atoms with E-state index in [0.29, 0.717) is 32.2 Å². The molecule has 0 aliphatic carbocycles. The molecule has 0 radical (unpaired) electrons. The zero-order valence-corrected chi connectivity index (χ0v) is 17.5. The number of carbonyl (C=O) groups excluding carboxylic acids is 3. The van der Waals surface area contributed by atoms with Crippen LogP contribution in [0, 0.1) is 5.92 Å². The highest BCUT2D eigenvalue weighted by Gasteiger charge is 2.24. The molecule has 0 heterocycles. The average molecular weight is 408 g/mol. The molecule has 0 saturated carbocycles. The highest BCUT2D eigenvalue weighted by molar-refractivity contribution is 5.87. The molecule has 29 heavy (non-hydrogen) atoms. The fourth-order valence-electron chi connectivity index (χ4n) is 2.69. The molecule has 0 aliphatic heterocycles. The van der Waals surface area contributed by atoms with Crippen LogP contribution in [-0.2, 0) is 25.7 Å². The summed E-state index contributed by atoms with van der Waals surface area (Å²) in [5.74, 6) is -0.628. The van der Waals surface area contributed by atoms with Gasteiger partial charge in [0.1, 0.15) is 12.6 Å². The van der Waals surface area contributed by atoms with Gasteiger partial charge in [0.05, 0.1) is 13.2 Å². The van der Waals surface area contributed by atoms with Crippen LogP contribution in [0.15, 0.2) is 30.3 Å². The summed E-state index contributed by atoms with van der Waals surface area (Å²) < 4.78 is 9.85. The number of unbranched alkanes of at least 4 members (excludes halogenated alkanes) is 1. The van der Waals surface area contributed by atoms with Gasteiger partial charge < -0.3 is 25.8 Å². The molecule has 8 heteroatoms. The van der Waals surface area contributed by atoms with Gasteiger partial charge in [-0.1, -0.05) is 44.2 Å². The van der Waals surface area contributed by atoms with Crippen molar-refractivity contribution in [2.45, 2.75) is 58.2 Å². The Bertz CT molecular complexity index is 636. The Hall–Kier alpha value is -2.61. The van der Waals surface area contributed by atoms with E-state index < -0.39 is 24.1 Å². The highest BCUT2D eigenvalue weighted by Crippen LogP contribution is 2.07. The number of hydrogen-bond acceptors (Lipinski definition) is 6. The number of esters is 1. The molecule has 2 amide bonds. The number of carbonyl (C=O) groups is 3. The number of rotatable bonds is 12. The number of benzene rings is 1. The standard InChI is InChI=1S/C21H33N3O5/c1-15(2)13-18(20(26)28-3)24-19(25)17(22)11-7-8-12-23-21(27)29-14-16-9-5-4-6-10-16/h4-6,9-10,15,17-18H,7-8,11-14,22H2,1-3H3,(H,23,27)(H,24,25)/t17-,18-/m0/s1. The maximum absolute atomic E-state index is 12.2. The SMILES string of the molecule is COC(=O)[C@H](CC(C)C)NC(=O)[C@@H](N)CCCCNC(=O)OCc1ccccc1. The van der Waals surface area contributed by atoms with E-state index in [9.17, 15) is 14.4 Å². The maximum atomic E-state index is 12.2. The summed E-state index contributed by atoms with van der Waals surface area (Å²) in [6.07, 6.45) is 1.77. The van der Waals surface area contributed by atoms with Crippen molar-refractivity contribution < 1.29 is 23.9 Å². The zero-order chi connectivity index (χ0) is 21.6. The summed E-state index contributed by atoms with van der Waals surface area (Å²) in [7, 11) is 1.29. The molecule has 0 saturated heterocycles. The minimum atomic E-state index is -0.723. The Balaban J connectivity index is 2.21. The largest absolute Gasteiger partial charge is 0.467 e. The lowest BCUT2D eigenvalue weighted by atomic mass is 10.0. The number of nitrogens with two attached hydrogens (primary N) is 1. The Morgan fingerprint density at radius 3 is 2.41 bits per heavy atom. The van der Waals surface area contributed by atoms with Crippen LogP contribution < -0.4 is 16.4 Å². The number of methoxy groups -OCH3 is 1. The van der Waals surface area contributed by atoms with Crippen molar-refractivity contribution >= 4 is 18.0 Å². The molecule has 162 valence electrons. The van der Waals surface area contributed by atoms with Gasteiger partial charge in [0.15, 0.2) is 0 Å². The van der Waals surface area contributed by atoms with Crippen molar-refractivity contribution in [3.63, 3.8) is 0 Å². The van der Waals surface area contributed by atoms with E-state index in [1.54, 1.807) is 0 Å². The van der Waals surface area contributed by atoms with Crippen LogP contribution in [0.3, 0.4) is 0 Å². The van der Waals surface area contributed by atoms with E-state index in [2.05, 4.69) is 10.6 Å². The lowest BCUT2D eigenvalue weighted by Gasteiger charge is -2.20. The summed E-state index contributed by atoms with van der Waals surface area (Å²) in [5.41, 5.74) is 6.83. The van der Waals surface area contributed by atoms with Crippen LogP contribution in [0.25, 0.3) is 0 Å². The fraction of sp³-hybridized carbons (Fsp3) is 0.571. The van der Waals surface area contributed by atoms with E-state index in [1.807, 2.05) is 44.2 Å². The number of hydrogen-bond donors (Lipinski definition) is 3. The van der Waals surface area contributed by atoms with Gasteiger partial charge in [0.2, 0.25) is 5.91 Å². The van der Waals surface area contributed by atoms with Gasteiger partial charge >= 0.3 is 12.1 Å². The molecule has 1 aromatic rings. The van der Waals surface area contributed by atoms with Crippen molar-refractivity contribution in [2.75, 3.05) is 13.7 Å². The second kappa shape index (κ2) is 13.5. The van der Waals surface area contributed by atoms with Crippen molar-refractivity contribution in [1.29, 1.82) is 0 Å². The third-order valence-corrected chi connectivity index (χ3v) is 4.27.